The van der Waals surface area contributed by atoms with E-state index in [-0.39, 0.29) is 16.8 Å². The Kier molecular flexibility index (Phi) is 4.71. The Bertz CT molecular complexity index is 770. The molecule has 0 spiro atoms. The van der Waals surface area contributed by atoms with Crippen molar-refractivity contribution in [1.29, 1.82) is 5.26 Å². The summed E-state index contributed by atoms with van der Waals surface area (Å²) in [6.45, 7) is 3.37. The number of pyridine rings is 1. The number of rotatable bonds is 3. The number of aryl methyl sites for hydroxylation is 1. The fourth-order valence-corrected chi connectivity index (χ4v) is 2.21. The van der Waals surface area contributed by atoms with E-state index in [1.807, 2.05) is 6.07 Å². The van der Waals surface area contributed by atoms with Gasteiger partial charge in [0, 0.05) is 11.3 Å². The van der Waals surface area contributed by atoms with E-state index in [9.17, 15) is 13.2 Å². The molecule has 120 valence electrons. The first-order valence-corrected chi connectivity index (χ1v) is 6.84. The van der Waals surface area contributed by atoms with Crippen LogP contribution in [0.4, 0.5) is 19.1 Å². The molecule has 2 aromatic heterocycles. The molecule has 0 saturated carbocycles. The van der Waals surface area contributed by atoms with E-state index in [1.165, 1.54) is 12.1 Å². The van der Waals surface area contributed by atoms with Gasteiger partial charge in [-0.15, -0.1) is 0 Å². The number of anilines is 1. The molecule has 0 aromatic carbocycles. The van der Waals surface area contributed by atoms with Crippen LogP contribution in [0.5, 0.6) is 0 Å². The van der Waals surface area contributed by atoms with Crippen LogP contribution in [0.2, 0.25) is 5.15 Å². The third kappa shape index (κ3) is 4.07. The third-order valence-electron chi connectivity index (χ3n) is 2.95. The minimum Gasteiger partial charge on any atom is -0.348 e. The van der Waals surface area contributed by atoms with Crippen molar-refractivity contribution in [3.05, 3.63) is 46.0 Å². The van der Waals surface area contributed by atoms with Gasteiger partial charge in [0.2, 0.25) is 5.95 Å². The lowest BCUT2D eigenvalue weighted by atomic mass is 10.1. The highest BCUT2D eigenvalue weighted by atomic mass is 35.5. The lowest BCUT2D eigenvalue weighted by Gasteiger charge is -2.16. The van der Waals surface area contributed by atoms with Crippen LogP contribution in [0.3, 0.4) is 0 Å². The van der Waals surface area contributed by atoms with Gasteiger partial charge in [0.05, 0.1) is 6.04 Å². The van der Waals surface area contributed by atoms with E-state index < -0.39 is 17.9 Å². The molecule has 0 fully saturated rings. The minimum absolute atomic E-state index is 0.184. The van der Waals surface area contributed by atoms with Gasteiger partial charge in [-0.2, -0.15) is 18.4 Å². The lowest BCUT2D eigenvalue weighted by Crippen LogP contribution is -2.14. The summed E-state index contributed by atoms with van der Waals surface area (Å²) in [7, 11) is 0. The van der Waals surface area contributed by atoms with Crippen LogP contribution in [0.1, 0.15) is 35.6 Å². The van der Waals surface area contributed by atoms with Crippen molar-refractivity contribution in [2.24, 2.45) is 0 Å². The Morgan fingerprint density at radius 1 is 1.26 bits per heavy atom. The van der Waals surface area contributed by atoms with Crippen LogP contribution in [0, 0.1) is 18.3 Å². The van der Waals surface area contributed by atoms with Crippen molar-refractivity contribution in [2.45, 2.75) is 26.1 Å². The molecule has 0 aliphatic rings. The predicted molar refractivity (Wildman–Crippen MR) is 77.8 cm³/mol. The highest BCUT2D eigenvalue weighted by Gasteiger charge is 2.33. The van der Waals surface area contributed by atoms with Crippen LogP contribution < -0.4 is 5.32 Å². The number of nitrogens with zero attached hydrogens (tertiary/aromatic N) is 4. The molecular weight excluding hydrogens is 331 g/mol. The first kappa shape index (κ1) is 17.0. The SMILES string of the molecule is Cc1cc(C#N)nc(N[C@H](C)c2ccc(C(F)(F)F)nc2Cl)n1. The van der Waals surface area contributed by atoms with E-state index >= 15 is 0 Å². The second kappa shape index (κ2) is 6.38. The van der Waals surface area contributed by atoms with E-state index in [2.05, 4.69) is 20.3 Å². The Balaban J connectivity index is 2.26. The van der Waals surface area contributed by atoms with Crippen LogP contribution >= 0.6 is 11.6 Å². The molecule has 5 nitrogen and oxygen atoms in total. The van der Waals surface area contributed by atoms with Crippen molar-refractivity contribution in [3.8, 4) is 6.07 Å². The molecule has 0 aliphatic carbocycles. The highest BCUT2D eigenvalue weighted by molar-refractivity contribution is 6.30. The number of hydrogen-bond donors (Lipinski definition) is 1. The third-order valence-corrected chi connectivity index (χ3v) is 3.25. The Labute approximate surface area is 135 Å². The molecule has 1 N–H and O–H groups in total. The van der Waals surface area contributed by atoms with E-state index in [0.29, 0.717) is 11.3 Å². The number of nitrogens with one attached hydrogen (secondary N) is 1. The molecule has 2 heterocycles. The number of nitriles is 1. The number of hydrogen-bond acceptors (Lipinski definition) is 5. The van der Waals surface area contributed by atoms with Gasteiger partial charge in [-0.3, -0.25) is 0 Å². The molecule has 0 bridgehead atoms. The summed E-state index contributed by atoms with van der Waals surface area (Å²) in [5.41, 5.74) is 0.0760. The zero-order chi connectivity index (χ0) is 17.2. The smallest absolute Gasteiger partial charge is 0.348 e. The molecule has 0 amide bonds. The maximum absolute atomic E-state index is 12.6. The first-order chi connectivity index (χ1) is 10.7. The molecule has 0 aliphatic heterocycles. The van der Waals surface area contributed by atoms with Crippen molar-refractivity contribution in [2.75, 3.05) is 5.32 Å². The van der Waals surface area contributed by atoms with E-state index in [1.54, 1.807) is 13.8 Å². The summed E-state index contributed by atoms with van der Waals surface area (Å²) in [6.07, 6.45) is -4.56. The van der Waals surface area contributed by atoms with Gasteiger partial charge < -0.3 is 5.32 Å². The van der Waals surface area contributed by atoms with Gasteiger partial charge >= 0.3 is 6.18 Å². The summed E-state index contributed by atoms with van der Waals surface area (Å²) in [5.74, 6) is 0.185. The first-order valence-electron chi connectivity index (χ1n) is 6.46. The van der Waals surface area contributed by atoms with Crippen LogP contribution in [0.15, 0.2) is 18.2 Å². The van der Waals surface area contributed by atoms with Crippen molar-refractivity contribution < 1.29 is 13.2 Å². The molecule has 0 unspecified atom stereocenters. The van der Waals surface area contributed by atoms with Crippen LogP contribution in [-0.4, -0.2) is 15.0 Å². The molecule has 1 atom stereocenters. The maximum Gasteiger partial charge on any atom is 0.433 e. The van der Waals surface area contributed by atoms with Crippen molar-refractivity contribution in [1.82, 2.24) is 15.0 Å². The average Bonchev–Trinajstić information content (AvgIpc) is 2.45. The zero-order valence-electron chi connectivity index (χ0n) is 12.1. The largest absolute Gasteiger partial charge is 0.433 e. The number of alkyl halides is 3. The van der Waals surface area contributed by atoms with Gasteiger partial charge in [0.15, 0.2) is 0 Å². The Morgan fingerprint density at radius 2 is 1.96 bits per heavy atom. The van der Waals surface area contributed by atoms with Gasteiger partial charge in [0.25, 0.3) is 0 Å². The summed E-state index contributed by atoms with van der Waals surface area (Å²) in [4.78, 5) is 11.5. The van der Waals surface area contributed by atoms with Gasteiger partial charge in [0.1, 0.15) is 22.6 Å². The number of aromatic nitrogens is 3. The molecule has 2 rings (SSSR count). The fourth-order valence-electron chi connectivity index (χ4n) is 1.89. The molecule has 0 radical (unpaired) electrons. The summed E-state index contributed by atoms with van der Waals surface area (Å²) >= 11 is 5.84. The van der Waals surface area contributed by atoms with Gasteiger partial charge in [-0.05, 0) is 26.0 Å². The van der Waals surface area contributed by atoms with Crippen molar-refractivity contribution >= 4 is 17.5 Å². The average molecular weight is 342 g/mol. The minimum atomic E-state index is -4.56. The molecule has 2 aromatic rings. The lowest BCUT2D eigenvalue weighted by molar-refractivity contribution is -0.141. The Hall–Kier alpha value is -2.40. The topological polar surface area (TPSA) is 74.5 Å². The molecule has 9 heteroatoms. The summed E-state index contributed by atoms with van der Waals surface area (Å²) in [6, 6.07) is 5.03. The molecule has 0 saturated heterocycles. The second-order valence-electron chi connectivity index (χ2n) is 4.77. The zero-order valence-corrected chi connectivity index (χ0v) is 12.9. The standard InChI is InChI=1S/C14H11ClF3N5/c1-7-5-9(6-19)22-13(20-7)21-8(2)10-3-4-11(14(16,17)18)23-12(10)15/h3-5,8H,1-2H3,(H,20,21,22)/t8-/m1/s1. The van der Waals surface area contributed by atoms with E-state index in [0.717, 1.165) is 6.07 Å². The second-order valence-corrected chi connectivity index (χ2v) is 5.13. The highest BCUT2D eigenvalue weighted by Crippen LogP contribution is 2.31. The number of halogens is 4. The fraction of sp³-hybridized carbons (Fsp3) is 0.286. The van der Waals surface area contributed by atoms with Crippen LogP contribution in [-0.2, 0) is 6.18 Å². The van der Waals surface area contributed by atoms with Crippen LogP contribution in [0.25, 0.3) is 0 Å². The monoisotopic (exact) mass is 341 g/mol. The Morgan fingerprint density at radius 3 is 2.52 bits per heavy atom. The van der Waals surface area contributed by atoms with Crippen molar-refractivity contribution in [3.63, 3.8) is 0 Å². The summed E-state index contributed by atoms with van der Waals surface area (Å²) < 4.78 is 37.8. The van der Waals surface area contributed by atoms with Gasteiger partial charge in [-0.25, -0.2) is 15.0 Å². The summed E-state index contributed by atoms with van der Waals surface area (Å²) in [5, 5.41) is 11.5. The predicted octanol–water partition coefficient (Wildman–Crippen LogP) is 3.90. The van der Waals surface area contributed by atoms with Gasteiger partial charge in [-0.1, -0.05) is 17.7 Å². The molecular formula is C14H11ClF3N5. The quantitative estimate of drug-likeness (QED) is 0.857. The molecule has 23 heavy (non-hydrogen) atoms. The normalized spacial score (nSPS) is 12.6. The van der Waals surface area contributed by atoms with E-state index in [4.69, 9.17) is 16.9 Å². The maximum atomic E-state index is 12.6.